The Morgan fingerprint density at radius 3 is 2.95 bits per heavy atom. The maximum atomic E-state index is 11.2. The van der Waals surface area contributed by atoms with Crippen molar-refractivity contribution in [2.24, 2.45) is 5.84 Å². The van der Waals surface area contributed by atoms with Crippen molar-refractivity contribution in [3.63, 3.8) is 0 Å². The monoisotopic (exact) mass is 311 g/mol. The zero-order valence-electron chi connectivity index (χ0n) is 10.5. The Labute approximate surface area is 123 Å². The first-order valence-corrected chi connectivity index (χ1v) is 6.00. The first-order valence-electron chi connectivity index (χ1n) is 5.62. The van der Waals surface area contributed by atoms with Gasteiger partial charge >= 0.3 is 5.69 Å². The van der Waals surface area contributed by atoms with Gasteiger partial charge in [0.1, 0.15) is 0 Å². The van der Waals surface area contributed by atoms with E-state index in [-0.39, 0.29) is 28.9 Å². The van der Waals surface area contributed by atoms with Gasteiger partial charge in [0.2, 0.25) is 0 Å². The summed E-state index contributed by atoms with van der Waals surface area (Å²) in [6.07, 6.45) is 1.48. The molecule has 1 aromatic heterocycles. The number of hydrazine groups is 1. The van der Waals surface area contributed by atoms with Gasteiger partial charge in [0.05, 0.1) is 4.92 Å². The summed E-state index contributed by atoms with van der Waals surface area (Å²) in [5, 5.41) is 15.0. The Balaban J connectivity index is 2.11. The van der Waals surface area contributed by atoms with Gasteiger partial charge in [-0.3, -0.25) is 20.3 Å². The normalized spacial score (nSPS) is 10.2. The van der Waals surface area contributed by atoms with E-state index in [0.29, 0.717) is 0 Å². The van der Waals surface area contributed by atoms with Gasteiger partial charge in [-0.05, 0) is 18.2 Å². The van der Waals surface area contributed by atoms with Crippen molar-refractivity contribution in [2.75, 3.05) is 0 Å². The van der Waals surface area contributed by atoms with Crippen LogP contribution >= 0.6 is 11.6 Å². The van der Waals surface area contributed by atoms with Crippen LogP contribution in [0.1, 0.15) is 10.5 Å². The molecule has 0 aliphatic heterocycles. The fraction of sp³-hybridized carbons (Fsp3) is 0.0909. The molecule has 0 fully saturated rings. The van der Waals surface area contributed by atoms with Gasteiger partial charge in [-0.1, -0.05) is 11.6 Å². The number of carbonyl (C=O) groups excluding carboxylic acids is 1. The molecular weight excluding hydrogens is 302 g/mol. The van der Waals surface area contributed by atoms with Gasteiger partial charge in [0.25, 0.3) is 5.91 Å². The third kappa shape index (κ3) is 3.46. The minimum Gasteiger partial charge on any atom is -0.464 e. The minimum atomic E-state index is -0.600. The van der Waals surface area contributed by atoms with Crippen molar-refractivity contribution in [1.82, 2.24) is 15.2 Å². The number of hydrogen-bond donors (Lipinski definition) is 2. The number of rotatable bonds is 5. The van der Waals surface area contributed by atoms with Crippen LogP contribution in [0.5, 0.6) is 5.75 Å². The van der Waals surface area contributed by atoms with E-state index in [1.807, 2.05) is 5.43 Å². The van der Waals surface area contributed by atoms with E-state index in [4.69, 9.17) is 22.2 Å². The van der Waals surface area contributed by atoms with Gasteiger partial charge in [-0.25, -0.2) is 10.5 Å². The third-order valence-corrected chi connectivity index (χ3v) is 2.71. The number of carbonyl (C=O) groups is 1. The molecule has 1 heterocycles. The topological polar surface area (TPSA) is 125 Å². The number of halogens is 1. The van der Waals surface area contributed by atoms with Crippen LogP contribution < -0.4 is 16.0 Å². The Hall–Kier alpha value is -2.65. The van der Waals surface area contributed by atoms with E-state index in [2.05, 4.69) is 5.10 Å². The van der Waals surface area contributed by atoms with Gasteiger partial charge in [0, 0.05) is 17.3 Å². The highest BCUT2D eigenvalue weighted by molar-refractivity contribution is 6.30. The average Bonchev–Trinajstić information content (AvgIpc) is 2.93. The molecule has 0 aliphatic rings. The van der Waals surface area contributed by atoms with Gasteiger partial charge in [-0.2, -0.15) is 5.10 Å². The van der Waals surface area contributed by atoms with Crippen LogP contribution in [0.3, 0.4) is 0 Å². The molecule has 1 aromatic carbocycles. The summed E-state index contributed by atoms with van der Waals surface area (Å²) >= 11 is 5.70. The second-order valence-corrected chi connectivity index (χ2v) is 4.29. The zero-order valence-corrected chi connectivity index (χ0v) is 11.3. The van der Waals surface area contributed by atoms with Gasteiger partial charge < -0.3 is 4.74 Å². The number of nitrogens with one attached hydrogen (secondary N) is 1. The lowest BCUT2D eigenvalue weighted by Crippen LogP contribution is -2.30. The number of nitro groups is 1. The van der Waals surface area contributed by atoms with E-state index >= 15 is 0 Å². The summed E-state index contributed by atoms with van der Waals surface area (Å²) in [6, 6.07) is 5.48. The molecule has 0 aliphatic carbocycles. The molecular formula is C11H10ClN5O4. The van der Waals surface area contributed by atoms with Crippen molar-refractivity contribution in [1.29, 1.82) is 0 Å². The van der Waals surface area contributed by atoms with Crippen molar-refractivity contribution >= 4 is 23.2 Å². The van der Waals surface area contributed by atoms with Gasteiger partial charge in [0.15, 0.2) is 18.2 Å². The maximum absolute atomic E-state index is 11.2. The summed E-state index contributed by atoms with van der Waals surface area (Å²) in [6.45, 7) is -0.111. The number of hydrogen-bond acceptors (Lipinski definition) is 6. The highest BCUT2D eigenvalue weighted by Crippen LogP contribution is 2.29. The van der Waals surface area contributed by atoms with Crippen molar-refractivity contribution in [3.05, 3.63) is 51.3 Å². The molecule has 9 nitrogen and oxygen atoms in total. The summed E-state index contributed by atoms with van der Waals surface area (Å²) in [7, 11) is 0. The standard InChI is InChI=1S/C11H10ClN5O4/c12-7-1-2-10(9(5-7)17(19)20)21-6-16-4-3-8(15-16)11(18)14-13/h1-5H,6,13H2,(H,14,18). The molecule has 0 unspecified atom stereocenters. The summed E-state index contributed by atoms with van der Waals surface area (Å²) in [5.74, 6) is 4.47. The lowest BCUT2D eigenvalue weighted by Gasteiger charge is -2.06. The van der Waals surface area contributed by atoms with Crippen LogP contribution in [0.2, 0.25) is 5.02 Å². The molecule has 0 atom stereocenters. The lowest BCUT2D eigenvalue weighted by atomic mass is 10.3. The molecule has 3 N–H and O–H groups in total. The Morgan fingerprint density at radius 1 is 1.52 bits per heavy atom. The quantitative estimate of drug-likeness (QED) is 0.368. The van der Waals surface area contributed by atoms with E-state index < -0.39 is 10.8 Å². The van der Waals surface area contributed by atoms with E-state index in [1.54, 1.807) is 0 Å². The largest absolute Gasteiger partial charge is 0.464 e. The van der Waals surface area contributed by atoms with Crippen LogP contribution in [0, 0.1) is 10.1 Å². The van der Waals surface area contributed by atoms with Crippen LogP contribution in [-0.2, 0) is 6.73 Å². The highest BCUT2D eigenvalue weighted by Gasteiger charge is 2.16. The first kappa shape index (κ1) is 14.8. The minimum absolute atomic E-state index is 0.0460. The fourth-order valence-corrected chi connectivity index (χ4v) is 1.69. The Kier molecular flexibility index (Phi) is 4.36. The number of nitrogens with two attached hydrogens (primary N) is 1. The van der Waals surface area contributed by atoms with Crippen molar-refractivity contribution < 1.29 is 14.5 Å². The number of ether oxygens (including phenoxy) is 1. The highest BCUT2D eigenvalue weighted by atomic mass is 35.5. The lowest BCUT2D eigenvalue weighted by molar-refractivity contribution is -0.386. The second kappa shape index (κ2) is 6.20. The number of nitrogens with zero attached hydrogens (tertiary/aromatic N) is 3. The number of benzene rings is 1. The summed E-state index contributed by atoms with van der Waals surface area (Å²) in [4.78, 5) is 21.5. The third-order valence-electron chi connectivity index (χ3n) is 2.47. The SMILES string of the molecule is NNC(=O)c1ccn(COc2ccc(Cl)cc2[N+](=O)[O-])n1. The maximum Gasteiger partial charge on any atom is 0.312 e. The molecule has 10 heteroatoms. The fourth-order valence-electron chi connectivity index (χ4n) is 1.52. The molecule has 0 saturated carbocycles. The first-order chi connectivity index (χ1) is 10.0. The van der Waals surface area contributed by atoms with Crippen LogP contribution in [0.4, 0.5) is 5.69 Å². The number of aromatic nitrogens is 2. The zero-order chi connectivity index (χ0) is 15.4. The molecule has 0 saturated heterocycles. The summed E-state index contributed by atoms with van der Waals surface area (Å²) in [5.41, 5.74) is 1.79. The van der Waals surface area contributed by atoms with E-state index in [0.717, 1.165) is 0 Å². The van der Waals surface area contributed by atoms with Crippen LogP contribution in [0.25, 0.3) is 0 Å². The molecule has 1 amide bonds. The van der Waals surface area contributed by atoms with Crippen LogP contribution in [0.15, 0.2) is 30.5 Å². The van der Waals surface area contributed by atoms with Crippen molar-refractivity contribution in [2.45, 2.75) is 6.73 Å². The van der Waals surface area contributed by atoms with Gasteiger partial charge in [-0.15, -0.1) is 0 Å². The van der Waals surface area contributed by atoms with Crippen LogP contribution in [-0.4, -0.2) is 20.6 Å². The molecule has 21 heavy (non-hydrogen) atoms. The predicted molar refractivity (Wildman–Crippen MR) is 72.6 cm³/mol. The second-order valence-electron chi connectivity index (χ2n) is 3.86. The molecule has 2 aromatic rings. The number of amides is 1. The summed E-state index contributed by atoms with van der Waals surface area (Å²) < 4.78 is 6.60. The Bertz CT molecular complexity index is 687. The average molecular weight is 312 g/mol. The molecule has 0 bridgehead atoms. The van der Waals surface area contributed by atoms with E-state index in [9.17, 15) is 14.9 Å². The predicted octanol–water partition coefficient (Wildman–Crippen LogP) is 1.08. The van der Waals surface area contributed by atoms with E-state index in [1.165, 1.54) is 35.1 Å². The Morgan fingerprint density at radius 2 is 2.29 bits per heavy atom. The number of nitrogen functional groups attached to an aromatic ring is 1. The molecule has 0 spiro atoms. The van der Waals surface area contributed by atoms with Crippen molar-refractivity contribution in [3.8, 4) is 5.75 Å². The number of nitro benzene ring substituents is 1. The molecule has 110 valence electrons. The smallest absolute Gasteiger partial charge is 0.312 e. The molecule has 0 radical (unpaired) electrons. The molecule has 2 rings (SSSR count).